The molecule has 0 saturated carbocycles. The first-order valence-corrected chi connectivity index (χ1v) is 4.10. The Morgan fingerprint density at radius 1 is 1.21 bits per heavy atom. The van der Waals surface area contributed by atoms with Gasteiger partial charge in [0.25, 0.3) is 0 Å². The zero-order valence-corrected chi connectivity index (χ0v) is 7.69. The molecular weight excluding hydrogens is 190 g/mol. The van der Waals surface area contributed by atoms with Gasteiger partial charge >= 0.3 is 11.9 Å². The lowest BCUT2D eigenvalue weighted by Gasteiger charge is -2.18. The van der Waals surface area contributed by atoms with Crippen molar-refractivity contribution in [3.63, 3.8) is 0 Å². The highest BCUT2D eigenvalue weighted by atomic mass is 16.4. The Morgan fingerprint density at radius 3 is 2.21 bits per heavy atom. The minimum atomic E-state index is -1.75. The van der Waals surface area contributed by atoms with Crippen LogP contribution in [0.5, 0.6) is 0 Å². The minimum absolute atomic E-state index is 0.0186. The van der Waals surface area contributed by atoms with E-state index >= 15 is 0 Å². The molecule has 7 heteroatoms. The first kappa shape index (κ1) is 12.8. The SMILES string of the molecule is NC(N)(CCNCCC(=O)O)C(=O)O. The standard InChI is InChI=1S/C7H15N3O4/c8-7(9,6(13)14)2-4-10-3-1-5(11)12/h10H,1-4,8-9H2,(H,11,12)(H,13,14). The Bertz CT molecular complexity index is 217. The molecule has 0 atom stereocenters. The highest BCUT2D eigenvalue weighted by molar-refractivity contribution is 5.77. The van der Waals surface area contributed by atoms with Crippen molar-refractivity contribution in [2.24, 2.45) is 11.5 Å². The second-order valence-electron chi connectivity index (χ2n) is 2.99. The summed E-state index contributed by atoms with van der Waals surface area (Å²) >= 11 is 0. The molecule has 0 aliphatic heterocycles. The van der Waals surface area contributed by atoms with Crippen LogP contribution in [0.15, 0.2) is 0 Å². The average Bonchev–Trinajstić information content (AvgIpc) is 2.02. The molecule has 0 bridgehead atoms. The van der Waals surface area contributed by atoms with Gasteiger partial charge in [0.15, 0.2) is 5.66 Å². The summed E-state index contributed by atoms with van der Waals surface area (Å²) in [4.78, 5) is 20.5. The van der Waals surface area contributed by atoms with Crippen LogP contribution in [0.25, 0.3) is 0 Å². The van der Waals surface area contributed by atoms with Crippen LogP contribution >= 0.6 is 0 Å². The van der Waals surface area contributed by atoms with E-state index in [9.17, 15) is 9.59 Å². The first-order valence-electron chi connectivity index (χ1n) is 4.10. The van der Waals surface area contributed by atoms with E-state index < -0.39 is 17.6 Å². The number of carboxylic acid groups (broad SMARTS) is 2. The monoisotopic (exact) mass is 205 g/mol. The molecule has 0 fully saturated rings. The van der Waals surface area contributed by atoms with Gasteiger partial charge in [-0.05, 0) is 6.54 Å². The normalized spacial score (nSPS) is 11.3. The molecule has 0 rings (SSSR count). The molecule has 0 aromatic heterocycles. The molecule has 0 aliphatic carbocycles. The second kappa shape index (κ2) is 5.53. The van der Waals surface area contributed by atoms with Crippen molar-refractivity contribution in [1.82, 2.24) is 5.32 Å². The predicted molar refractivity (Wildman–Crippen MR) is 48.5 cm³/mol. The topological polar surface area (TPSA) is 139 Å². The summed E-state index contributed by atoms with van der Waals surface area (Å²) in [7, 11) is 0. The zero-order chi connectivity index (χ0) is 11.2. The Kier molecular flexibility index (Phi) is 5.06. The van der Waals surface area contributed by atoms with E-state index in [0.717, 1.165) is 0 Å². The van der Waals surface area contributed by atoms with Gasteiger partial charge in [-0.2, -0.15) is 0 Å². The highest BCUT2D eigenvalue weighted by Crippen LogP contribution is 1.96. The molecule has 7 N–H and O–H groups in total. The summed E-state index contributed by atoms with van der Waals surface area (Å²) < 4.78 is 0. The third-order valence-corrected chi connectivity index (χ3v) is 1.63. The highest BCUT2D eigenvalue weighted by Gasteiger charge is 2.27. The van der Waals surface area contributed by atoms with Crippen molar-refractivity contribution < 1.29 is 19.8 Å². The minimum Gasteiger partial charge on any atom is -0.481 e. The Morgan fingerprint density at radius 2 is 1.79 bits per heavy atom. The summed E-state index contributed by atoms with van der Waals surface area (Å²) in [5.74, 6) is -2.19. The van der Waals surface area contributed by atoms with Crippen molar-refractivity contribution in [2.45, 2.75) is 18.5 Å². The van der Waals surface area contributed by atoms with Gasteiger partial charge in [-0.25, -0.2) is 4.79 Å². The molecule has 0 heterocycles. The van der Waals surface area contributed by atoms with Gasteiger partial charge in [0.2, 0.25) is 0 Å². The van der Waals surface area contributed by atoms with E-state index in [4.69, 9.17) is 21.7 Å². The van der Waals surface area contributed by atoms with Crippen LogP contribution in [-0.2, 0) is 9.59 Å². The number of carbonyl (C=O) groups is 2. The molecule has 7 nitrogen and oxygen atoms in total. The molecule has 0 amide bonds. The molecule has 82 valence electrons. The van der Waals surface area contributed by atoms with Crippen LogP contribution in [0.2, 0.25) is 0 Å². The maximum absolute atomic E-state index is 10.4. The number of carboxylic acids is 2. The van der Waals surface area contributed by atoms with Crippen LogP contribution in [0.3, 0.4) is 0 Å². The summed E-state index contributed by atoms with van der Waals surface area (Å²) in [6.45, 7) is 0.539. The van der Waals surface area contributed by atoms with Crippen molar-refractivity contribution in [2.75, 3.05) is 13.1 Å². The predicted octanol–water partition coefficient (Wildman–Crippen LogP) is -1.86. The van der Waals surface area contributed by atoms with Gasteiger partial charge < -0.3 is 27.0 Å². The molecule has 0 aromatic carbocycles. The summed E-state index contributed by atoms with van der Waals surface area (Å²) in [6.07, 6.45) is 0.0250. The van der Waals surface area contributed by atoms with Crippen molar-refractivity contribution >= 4 is 11.9 Å². The summed E-state index contributed by atoms with van der Waals surface area (Å²) in [5, 5.41) is 19.5. The molecule has 0 unspecified atom stereocenters. The Balaban J connectivity index is 3.54. The van der Waals surface area contributed by atoms with Gasteiger partial charge in [0.05, 0.1) is 6.42 Å². The van der Waals surface area contributed by atoms with E-state index in [2.05, 4.69) is 5.32 Å². The fourth-order valence-corrected chi connectivity index (χ4v) is 0.722. The van der Waals surface area contributed by atoms with E-state index in [-0.39, 0.29) is 25.9 Å². The average molecular weight is 205 g/mol. The largest absolute Gasteiger partial charge is 0.481 e. The fraction of sp³-hybridized carbons (Fsp3) is 0.714. The van der Waals surface area contributed by atoms with Gasteiger partial charge in [-0.15, -0.1) is 0 Å². The molecular formula is C7H15N3O4. The quantitative estimate of drug-likeness (QED) is 0.242. The maximum Gasteiger partial charge on any atom is 0.338 e. The molecule has 0 saturated heterocycles. The van der Waals surface area contributed by atoms with Crippen molar-refractivity contribution in [3.05, 3.63) is 0 Å². The number of hydrogen-bond donors (Lipinski definition) is 5. The maximum atomic E-state index is 10.4. The number of nitrogens with one attached hydrogen (secondary N) is 1. The lowest BCUT2D eigenvalue weighted by atomic mass is 10.1. The van der Waals surface area contributed by atoms with E-state index in [1.807, 2.05) is 0 Å². The third kappa shape index (κ3) is 5.46. The van der Waals surface area contributed by atoms with Crippen LogP contribution < -0.4 is 16.8 Å². The molecule has 14 heavy (non-hydrogen) atoms. The summed E-state index contributed by atoms with van der Waals surface area (Å²) in [6, 6.07) is 0. The number of nitrogens with two attached hydrogens (primary N) is 2. The van der Waals surface area contributed by atoms with Crippen molar-refractivity contribution in [1.29, 1.82) is 0 Å². The molecule has 0 aliphatic rings. The number of aliphatic carboxylic acids is 2. The number of rotatable bonds is 7. The Hall–Kier alpha value is -1.18. The number of hydrogen-bond acceptors (Lipinski definition) is 5. The van der Waals surface area contributed by atoms with Crippen LogP contribution in [0, 0.1) is 0 Å². The van der Waals surface area contributed by atoms with E-state index in [1.54, 1.807) is 0 Å². The van der Waals surface area contributed by atoms with Gasteiger partial charge in [-0.3, -0.25) is 4.79 Å². The summed E-state index contributed by atoms with van der Waals surface area (Å²) in [5.41, 5.74) is 8.69. The lowest BCUT2D eigenvalue weighted by Crippen LogP contribution is -2.57. The van der Waals surface area contributed by atoms with Crippen LogP contribution in [0.1, 0.15) is 12.8 Å². The van der Waals surface area contributed by atoms with E-state index in [1.165, 1.54) is 0 Å². The van der Waals surface area contributed by atoms with Crippen LogP contribution in [0.4, 0.5) is 0 Å². The van der Waals surface area contributed by atoms with Gasteiger partial charge in [-0.1, -0.05) is 0 Å². The van der Waals surface area contributed by atoms with E-state index in [0.29, 0.717) is 0 Å². The van der Waals surface area contributed by atoms with Gasteiger partial charge in [0.1, 0.15) is 0 Å². The van der Waals surface area contributed by atoms with Crippen LogP contribution in [-0.4, -0.2) is 40.9 Å². The molecule has 0 aromatic rings. The second-order valence-corrected chi connectivity index (χ2v) is 2.99. The third-order valence-electron chi connectivity index (χ3n) is 1.63. The first-order chi connectivity index (χ1) is 6.36. The van der Waals surface area contributed by atoms with Gasteiger partial charge in [0, 0.05) is 13.0 Å². The van der Waals surface area contributed by atoms with Crippen molar-refractivity contribution in [3.8, 4) is 0 Å². The zero-order valence-electron chi connectivity index (χ0n) is 7.69. The smallest absolute Gasteiger partial charge is 0.338 e. The Labute approximate surface area is 81.1 Å². The molecule has 0 spiro atoms. The molecule has 0 radical (unpaired) electrons. The fourth-order valence-electron chi connectivity index (χ4n) is 0.722. The lowest BCUT2D eigenvalue weighted by molar-refractivity contribution is -0.143.